The van der Waals surface area contributed by atoms with Crippen molar-refractivity contribution in [2.45, 2.75) is 56.3 Å². The second-order valence-corrected chi connectivity index (χ2v) is 17.5. The van der Waals surface area contributed by atoms with Crippen LogP contribution in [0.1, 0.15) is 50.2 Å². The lowest BCUT2D eigenvalue weighted by Gasteiger charge is -2.53. The maximum Gasteiger partial charge on any atom is 0.255 e. The molecule has 1 saturated carbocycles. The van der Waals surface area contributed by atoms with Gasteiger partial charge in [0, 0.05) is 62.5 Å². The van der Waals surface area contributed by atoms with Crippen LogP contribution in [0.25, 0.3) is 5.76 Å². The number of rotatable bonds is 11. The number of hydrogen-bond acceptors (Lipinski definition) is 11. The van der Waals surface area contributed by atoms with E-state index in [0.29, 0.717) is 23.1 Å². The number of Topliss-reactive ketones (excluding diaryl/α,β-unsaturated/α-hetero) is 2. The Kier molecular flexibility index (Phi) is 16.5. The van der Waals surface area contributed by atoms with Gasteiger partial charge in [-0.15, -0.1) is 0 Å². The molecule has 20 nitrogen and oxygen atoms in total. The van der Waals surface area contributed by atoms with Crippen LogP contribution in [-0.4, -0.2) is 111 Å². The van der Waals surface area contributed by atoms with Gasteiger partial charge in [0.25, 0.3) is 5.91 Å². The summed E-state index contributed by atoms with van der Waals surface area (Å²) in [7, 11) is 2.97. The molecule has 5 atom stereocenters. The summed E-state index contributed by atoms with van der Waals surface area (Å²) in [5.41, 5.74) is 23.7. The molecule has 0 saturated heterocycles. The molecule has 0 bridgehead atoms. The van der Waals surface area contributed by atoms with Gasteiger partial charge >= 0.3 is 0 Å². The van der Waals surface area contributed by atoms with Crippen LogP contribution in [0.3, 0.4) is 0 Å². The van der Waals surface area contributed by atoms with Crippen molar-refractivity contribution < 1.29 is 39.9 Å². The van der Waals surface area contributed by atoms with Crippen molar-refractivity contribution in [1.82, 2.24) is 4.90 Å². The van der Waals surface area contributed by atoms with Crippen molar-refractivity contribution in [2.75, 3.05) is 37.8 Å². The summed E-state index contributed by atoms with van der Waals surface area (Å²) in [5, 5.41) is 62.3. The number of likely N-dealkylation sites (N-methyl/N-ethyl adjacent to an activating group) is 1. The molecular formula is C44H53Cl3N12O8. The minimum absolute atomic E-state index is 0.0187. The summed E-state index contributed by atoms with van der Waals surface area (Å²) < 4.78 is 0. The zero-order chi connectivity index (χ0) is 49.5. The number of aromatic hydroxyl groups is 1. The Morgan fingerprint density at radius 2 is 1.24 bits per heavy atom. The number of carbonyl (C=O) groups excluding carboxylic acids is 3. The third-order valence-electron chi connectivity index (χ3n) is 11.4. The molecule has 1 amide bonds. The molecule has 3 aliphatic carbocycles. The Morgan fingerprint density at radius 3 is 1.69 bits per heavy atom. The standard InChI is InChI=1S/C22H30Cl2N10.C22H23ClN2O8/c23-15-5-9-17(10-6-15)31-21(27)33-19(25)29-13-3-1-2-4-14-30-20(26)34-22(28)32-18-11-7-16(24)8-12-18;1-21(32)7-6-8-15(25(2)3)17(28)13(20(24)31)19(30)22(8,33)18(29)11(7)16(27)12-10(26)5-4-9(23)14(12)21/h5-12H,1-4,13-14H2,(H5,25,27,29,31,33)(H5,26,28,30,32,34);4-5,7-8,15,26-27,30,32-33H,6H2,1-3H3,(H2,24,31)/t;7-,8-,15-,21-,22-/m.0/s1. The van der Waals surface area contributed by atoms with Crippen molar-refractivity contribution in [3.05, 3.63) is 104 Å². The van der Waals surface area contributed by atoms with Crippen LogP contribution in [0.2, 0.25) is 15.1 Å². The zero-order valence-corrected chi connectivity index (χ0v) is 38.9. The fourth-order valence-electron chi connectivity index (χ4n) is 8.28. The van der Waals surface area contributed by atoms with E-state index in [9.17, 15) is 39.9 Å². The summed E-state index contributed by atoms with van der Waals surface area (Å²) >= 11 is 18.0. The number of carbonyl (C=O) groups is 3. The van der Waals surface area contributed by atoms with Gasteiger partial charge in [-0.25, -0.2) is 0 Å². The first-order chi connectivity index (χ1) is 31.5. The number of aliphatic hydroxyl groups excluding tert-OH is 2. The molecule has 0 unspecified atom stereocenters. The predicted molar refractivity (Wildman–Crippen MR) is 260 cm³/mol. The number of amides is 1. The van der Waals surface area contributed by atoms with E-state index in [1.807, 2.05) is 0 Å². The summed E-state index contributed by atoms with van der Waals surface area (Å²) in [6.45, 7) is 2.46. The SMILES string of the molecule is CN(C)[C@@H]1C(=O)C(C(N)=O)=C(O)[C@@]2(O)C(=O)C3=C(O)c4c(O)ccc(Cl)c4[C@@](C)(O)[C@H]3C[C@@H]12.NC(=NCCCCCCN=C(N)N=C(N)Nc1ccc(Cl)cc1)N=C(N)Nc1ccc(Cl)cc1. The number of anilines is 2. The maximum absolute atomic E-state index is 13.7. The highest BCUT2D eigenvalue weighted by atomic mass is 35.5. The van der Waals surface area contributed by atoms with E-state index < -0.39 is 75.0 Å². The minimum atomic E-state index is -2.78. The summed E-state index contributed by atoms with van der Waals surface area (Å²) in [5.74, 6) is -7.73. The van der Waals surface area contributed by atoms with E-state index in [2.05, 4.69) is 30.6 Å². The number of hydrogen-bond donors (Lipinski definition) is 12. The fraction of sp³-hybridized carbons (Fsp3) is 0.341. The number of unbranched alkanes of at least 4 members (excludes halogenated alkanes) is 3. The lowest BCUT2D eigenvalue weighted by Crippen LogP contribution is -2.67. The van der Waals surface area contributed by atoms with Crippen LogP contribution in [0.4, 0.5) is 11.4 Å². The van der Waals surface area contributed by atoms with E-state index in [0.717, 1.165) is 37.1 Å². The molecule has 23 heteroatoms. The molecule has 3 aromatic rings. The summed E-state index contributed by atoms with van der Waals surface area (Å²) in [6, 6.07) is 15.4. The third kappa shape index (κ3) is 11.4. The van der Waals surface area contributed by atoms with E-state index in [1.165, 1.54) is 38.1 Å². The molecule has 358 valence electrons. The number of nitrogens with two attached hydrogens (primary N) is 5. The van der Waals surface area contributed by atoms with Gasteiger partial charge in [-0.3, -0.25) is 29.3 Å². The summed E-state index contributed by atoms with van der Waals surface area (Å²) in [6.07, 6.45) is 3.42. The van der Waals surface area contributed by atoms with Crippen LogP contribution in [0, 0.1) is 11.8 Å². The molecule has 0 heterocycles. The van der Waals surface area contributed by atoms with Crippen molar-refractivity contribution in [2.24, 2.45) is 60.5 Å². The van der Waals surface area contributed by atoms with Gasteiger partial charge in [-0.1, -0.05) is 47.6 Å². The normalized spacial score (nSPS) is 23.3. The Balaban J connectivity index is 0.000000251. The number of aliphatic imine (C=N–C) groups is 4. The van der Waals surface area contributed by atoms with Gasteiger partial charge in [0.1, 0.15) is 22.8 Å². The molecule has 1 fully saturated rings. The fourth-order valence-corrected chi connectivity index (χ4v) is 8.88. The maximum atomic E-state index is 13.7. The topological polar surface area (TPSA) is 359 Å². The van der Waals surface area contributed by atoms with Gasteiger partial charge < -0.3 is 64.8 Å². The first kappa shape index (κ1) is 51.6. The zero-order valence-electron chi connectivity index (χ0n) is 36.7. The number of nitrogens with one attached hydrogen (secondary N) is 2. The van der Waals surface area contributed by atoms with E-state index in [1.54, 1.807) is 48.5 Å². The number of halogens is 3. The van der Waals surface area contributed by atoms with E-state index in [-0.39, 0.29) is 46.4 Å². The quantitative estimate of drug-likeness (QED) is 0.0565. The monoisotopic (exact) mass is 982 g/mol. The van der Waals surface area contributed by atoms with Crippen LogP contribution in [-0.2, 0) is 20.0 Å². The highest BCUT2D eigenvalue weighted by Gasteiger charge is 2.66. The van der Waals surface area contributed by atoms with Crippen LogP contribution >= 0.6 is 34.8 Å². The van der Waals surface area contributed by atoms with Gasteiger partial charge in [0.15, 0.2) is 11.4 Å². The first-order valence-corrected chi connectivity index (χ1v) is 21.9. The summed E-state index contributed by atoms with van der Waals surface area (Å²) in [4.78, 5) is 56.6. The van der Waals surface area contributed by atoms with Crippen molar-refractivity contribution >= 4 is 93.2 Å². The van der Waals surface area contributed by atoms with Gasteiger partial charge in [-0.05, 0) is 101 Å². The molecule has 0 aromatic heterocycles. The minimum Gasteiger partial charge on any atom is -0.508 e. The van der Waals surface area contributed by atoms with Crippen molar-refractivity contribution in [1.29, 1.82) is 0 Å². The van der Waals surface area contributed by atoms with Gasteiger partial charge in [-0.2, -0.15) is 9.98 Å². The third-order valence-corrected chi connectivity index (χ3v) is 12.2. The number of phenolic OH excluding ortho intramolecular Hbond substituents is 1. The highest BCUT2D eigenvalue weighted by molar-refractivity contribution is 6.32. The average Bonchev–Trinajstić information content (AvgIpc) is 3.24. The Morgan fingerprint density at radius 1 is 0.761 bits per heavy atom. The largest absolute Gasteiger partial charge is 0.508 e. The number of phenols is 1. The second-order valence-electron chi connectivity index (χ2n) is 16.2. The first-order valence-electron chi connectivity index (χ1n) is 20.7. The number of benzene rings is 3. The van der Waals surface area contributed by atoms with Crippen molar-refractivity contribution in [3.63, 3.8) is 0 Å². The molecule has 0 aliphatic heterocycles. The lowest BCUT2D eigenvalue weighted by molar-refractivity contribution is -0.159. The molecule has 0 spiro atoms. The average molecular weight is 984 g/mol. The van der Waals surface area contributed by atoms with E-state index in [4.69, 9.17) is 63.5 Å². The molecule has 3 aliphatic rings. The van der Waals surface area contributed by atoms with Gasteiger partial charge in [0.2, 0.25) is 29.6 Å². The number of ketones is 2. The van der Waals surface area contributed by atoms with Crippen LogP contribution < -0.4 is 39.3 Å². The number of nitrogens with zero attached hydrogens (tertiary/aromatic N) is 5. The number of guanidine groups is 4. The smallest absolute Gasteiger partial charge is 0.255 e. The molecule has 67 heavy (non-hydrogen) atoms. The van der Waals surface area contributed by atoms with Crippen molar-refractivity contribution in [3.8, 4) is 5.75 Å². The molecule has 3 aromatic carbocycles. The Labute approximate surface area is 400 Å². The van der Waals surface area contributed by atoms with Crippen LogP contribution in [0.15, 0.2) is 97.5 Å². The number of primary amides is 1. The molecule has 0 radical (unpaired) electrons. The number of aliphatic hydroxyl groups is 4. The molecule has 6 rings (SSSR count). The Hall–Kier alpha value is -6.42. The Bertz CT molecular complexity index is 2500. The lowest BCUT2D eigenvalue weighted by atomic mass is 9.54. The highest BCUT2D eigenvalue weighted by Crippen LogP contribution is 2.58. The molecule has 17 N–H and O–H groups in total. The van der Waals surface area contributed by atoms with Crippen LogP contribution in [0.5, 0.6) is 5.75 Å². The molecular weight excluding hydrogens is 931 g/mol. The number of fused-ring (bicyclic) bond motifs is 3. The predicted octanol–water partition coefficient (Wildman–Crippen LogP) is 3.62. The van der Waals surface area contributed by atoms with Gasteiger partial charge in [0.05, 0.1) is 17.2 Å². The second kappa shape index (κ2) is 21.5. The van der Waals surface area contributed by atoms with E-state index >= 15 is 0 Å².